The van der Waals surface area contributed by atoms with E-state index < -0.39 is 0 Å². The first-order chi connectivity index (χ1) is 10.2. The number of nitrogen functional groups attached to an aromatic ring is 1. The summed E-state index contributed by atoms with van der Waals surface area (Å²) in [6, 6.07) is 8.65. The summed E-state index contributed by atoms with van der Waals surface area (Å²) < 4.78 is 7.03. The molecular formula is C12H10ClN7O. The number of rotatable bonds is 4. The van der Waals surface area contributed by atoms with Gasteiger partial charge >= 0.3 is 6.01 Å². The smallest absolute Gasteiger partial charge is 0.328 e. The minimum Gasteiger partial charge on any atom is -0.424 e. The number of hydrazine groups is 1. The zero-order chi connectivity index (χ0) is 14.7. The molecule has 0 radical (unpaired) electrons. The molecule has 21 heavy (non-hydrogen) atoms. The predicted molar refractivity (Wildman–Crippen MR) is 76.3 cm³/mol. The van der Waals surface area contributed by atoms with Gasteiger partial charge in [0.1, 0.15) is 5.75 Å². The van der Waals surface area contributed by atoms with E-state index in [1.54, 1.807) is 42.7 Å². The number of nitrogens with one attached hydrogen (secondary N) is 1. The van der Waals surface area contributed by atoms with Gasteiger partial charge in [-0.1, -0.05) is 11.6 Å². The van der Waals surface area contributed by atoms with Gasteiger partial charge in [-0.25, -0.2) is 10.5 Å². The molecule has 0 aliphatic carbocycles. The third-order valence-electron chi connectivity index (χ3n) is 2.46. The van der Waals surface area contributed by atoms with Crippen molar-refractivity contribution in [1.82, 2.24) is 24.7 Å². The molecule has 9 heteroatoms. The summed E-state index contributed by atoms with van der Waals surface area (Å²) in [7, 11) is 0. The lowest BCUT2D eigenvalue weighted by molar-refractivity contribution is 0.438. The fourth-order valence-electron chi connectivity index (χ4n) is 1.55. The van der Waals surface area contributed by atoms with Crippen molar-refractivity contribution in [3.63, 3.8) is 0 Å². The van der Waals surface area contributed by atoms with E-state index in [0.29, 0.717) is 10.8 Å². The van der Waals surface area contributed by atoms with E-state index in [2.05, 4.69) is 25.5 Å². The number of ether oxygens (including phenoxy) is 1. The van der Waals surface area contributed by atoms with Gasteiger partial charge in [0, 0.05) is 17.4 Å². The van der Waals surface area contributed by atoms with Crippen LogP contribution in [0.15, 0.2) is 42.7 Å². The lowest BCUT2D eigenvalue weighted by Crippen LogP contribution is -2.14. The number of halogens is 1. The summed E-state index contributed by atoms with van der Waals surface area (Å²) in [6.45, 7) is 0. The molecule has 3 N–H and O–H groups in total. The van der Waals surface area contributed by atoms with Crippen molar-refractivity contribution in [2.45, 2.75) is 0 Å². The number of hydrogen-bond acceptors (Lipinski definition) is 7. The lowest BCUT2D eigenvalue weighted by atomic mass is 10.3. The molecule has 0 bridgehead atoms. The van der Waals surface area contributed by atoms with Crippen LogP contribution < -0.4 is 16.0 Å². The molecule has 106 valence electrons. The van der Waals surface area contributed by atoms with Gasteiger partial charge in [0.2, 0.25) is 5.95 Å². The first kappa shape index (κ1) is 13.3. The standard InChI is InChI=1S/C12H10ClN7O/c13-8-2-4-9(5-3-8)21-12-17-10(19-14)16-11(18-12)20-7-1-6-15-20/h1-7H,14H2,(H,16,17,18,19). The van der Waals surface area contributed by atoms with Crippen LogP contribution in [0.2, 0.25) is 5.02 Å². The number of anilines is 1. The summed E-state index contributed by atoms with van der Waals surface area (Å²) in [4.78, 5) is 12.3. The highest BCUT2D eigenvalue weighted by atomic mass is 35.5. The first-order valence-electron chi connectivity index (χ1n) is 5.91. The maximum atomic E-state index is 5.82. The maximum absolute atomic E-state index is 5.82. The summed E-state index contributed by atoms with van der Waals surface area (Å²) in [6.07, 6.45) is 3.31. The van der Waals surface area contributed by atoms with Crippen LogP contribution in [0.3, 0.4) is 0 Å². The van der Waals surface area contributed by atoms with Gasteiger partial charge in [-0.05, 0) is 30.3 Å². The molecular weight excluding hydrogens is 294 g/mol. The monoisotopic (exact) mass is 303 g/mol. The number of benzene rings is 1. The van der Waals surface area contributed by atoms with Crippen LogP contribution in [0, 0.1) is 0 Å². The van der Waals surface area contributed by atoms with Gasteiger partial charge in [0.05, 0.1) is 0 Å². The van der Waals surface area contributed by atoms with Crippen LogP contribution in [-0.2, 0) is 0 Å². The SMILES string of the molecule is NNc1nc(Oc2ccc(Cl)cc2)nc(-n2cccn2)n1. The largest absolute Gasteiger partial charge is 0.424 e. The number of nitrogens with zero attached hydrogens (tertiary/aromatic N) is 5. The van der Waals surface area contributed by atoms with Gasteiger partial charge in [-0.15, -0.1) is 0 Å². The summed E-state index contributed by atoms with van der Waals surface area (Å²) in [5.41, 5.74) is 2.36. The van der Waals surface area contributed by atoms with E-state index in [4.69, 9.17) is 22.2 Å². The Bertz CT molecular complexity index is 730. The Hall–Kier alpha value is -2.71. The predicted octanol–water partition coefficient (Wildman–Crippen LogP) is 1.79. The van der Waals surface area contributed by atoms with E-state index in [1.807, 2.05) is 0 Å². The molecule has 0 spiro atoms. The Morgan fingerprint density at radius 2 is 1.95 bits per heavy atom. The van der Waals surface area contributed by atoms with Crippen LogP contribution in [0.5, 0.6) is 11.8 Å². The van der Waals surface area contributed by atoms with Crippen LogP contribution >= 0.6 is 11.6 Å². The minimum atomic E-state index is 0.0887. The molecule has 0 fully saturated rings. The fourth-order valence-corrected chi connectivity index (χ4v) is 1.68. The fraction of sp³-hybridized carbons (Fsp3) is 0. The van der Waals surface area contributed by atoms with Gasteiger partial charge in [0.15, 0.2) is 0 Å². The molecule has 0 amide bonds. The quantitative estimate of drug-likeness (QED) is 0.559. The molecule has 0 aliphatic heterocycles. The van der Waals surface area contributed by atoms with E-state index in [9.17, 15) is 0 Å². The van der Waals surface area contributed by atoms with Crippen molar-refractivity contribution in [3.8, 4) is 17.7 Å². The Balaban J connectivity index is 1.94. The molecule has 1 aromatic carbocycles. The van der Waals surface area contributed by atoms with Crippen molar-refractivity contribution in [2.75, 3.05) is 5.43 Å². The van der Waals surface area contributed by atoms with Crippen molar-refractivity contribution < 1.29 is 4.74 Å². The second-order valence-electron chi connectivity index (χ2n) is 3.89. The van der Waals surface area contributed by atoms with Crippen LogP contribution in [0.4, 0.5) is 5.95 Å². The maximum Gasteiger partial charge on any atom is 0.328 e. The molecule has 0 atom stereocenters. The topological polar surface area (TPSA) is 104 Å². The highest BCUT2D eigenvalue weighted by Crippen LogP contribution is 2.21. The second kappa shape index (κ2) is 5.73. The summed E-state index contributed by atoms with van der Waals surface area (Å²) >= 11 is 5.82. The zero-order valence-electron chi connectivity index (χ0n) is 10.6. The first-order valence-corrected chi connectivity index (χ1v) is 6.28. The minimum absolute atomic E-state index is 0.0887. The second-order valence-corrected chi connectivity index (χ2v) is 4.33. The molecule has 0 saturated heterocycles. The molecule has 0 unspecified atom stereocenters. The number of aromatic nitrogens is 5. The normalized spacial score (nSPS) is 10.4. The van der Waals surface area contributed by atoms with Gasteiger partial charge in [0.25, 0.3) is 5.95 Å². The average molecular weight is 304 g/mol. The van der Waals surface area contributed by atoms with E-state index >= 15 is 0 Å². The van der Waals surface area contributed by atoms with Crippen LogP contribution in [0.1, 0.15) is 0 Å². The van der Waals surface area contributed by atoms with E-state index in [1.165, 1.54) is 4.68 Å². The van der Waals surface area contributed by atoms with Crippen molar-refractivity contribution >= 4 is 17.5 Å². The number of hydrogen-bond donors (Lipinski definition) is 2. The average Bonchev–Trinajstić information content (AvgIpc) is 3.04. The molecule has 2 heterocycles. The van der Waals surface area contributed by atoms with Crippen LogP contribution in [0.25, 0.3) is 5.95 Å². The highest BCUT2D eigenvalue weighted by molar-refractivity contribution is 6.30. The third-order valence-corrected chi connectivity index (χ3v) is 2.72. The highest BCUT2D eigenvalue weighted by Gasteiger charge is 2.09. The van der Waals surface area contributed by atoms with Crippen LogP contribution in [-0.4, -0.2) is 24.7 Å². The van der Waals surface area contributed by atoms with Crippen molar-refractivity contribution in [2.24, 2.45) is 5.84 Å². The summed E-state index contributed by atoms with van der Waals surface area (Å²) in [5, 5.41) is 4.65. The third kappa shape index (κ3) is 3.07. The van der Waals surface area contributed by atoms with Crippen molar-refractivity contribution in [3.05, 3.63) is 47.7 Å². The molecule has 8 nitrogen and oxygen atoms in total. The Morgan fingerprint density at radius 1 is 1.14 bits per heavy atom. The molecule has 2 aromatic heterocycles. The Morgan fingerprint density at radius 3 is 2.62 bits per heavy atom. The molecule has 3 rings (SSSR count). The molecule has 0 saturated carbocycles. The van der Waals surface area contributed by atoms with Gasteiger partial charge in [-0.3, -0.25) is 5.43 Å². The number of nitrogens with two attached hydrogens (primary N) is 1. The van der Waals surface area contributed by atoms with E-state index in [-0.39, 0.29) is 17.9 Å². The lowest BCUT2D eigenvalue weighted by Gasteiger charge is -2.07. The Kier molecular flexibility index (Phi) is 3.63. The van der Waals surface area contributed by atoms with Gasteiger partial charge < -0.3 is 4.74 Å². The zero-order valence-corrected chi connectivity index (χ0v) is 11.4. The summed E-state index contributed by atoms with van der Waals surface area (Å²) in [5.74, 6) is 6.34. The van der Waals surface area contributed by atoms with E-state index in [0.717, 1.165) is 0 Å². The van der Waals surface area contributed by atoms with Crippen molar-refractivity contribution in [1.29, 1.82) is 0 Å². The Labute approximate surface area is 124 Å². The molecule has 3 aromatic rings. The van der Waals surface area contributed by atoms with Gasteiger partial charge in [-0.2, -0.15) is 20.1 Å². The molecule has 0 aliphatic rings.